The van der Waals surface area contributed by atoms with Crippen molar-refractivity contribution in [2.45, 2.75) is 6.92 Å². The third-order valence-electron chi connectivity index (χ3n) is 2.28. The van der Waals surface area contributed by atoms with E-state index in [0.29, 0.717) is 6.54 Å². The first-order valence-electron chi connectivity index (χ1n) is 5.51. The van der Waals surface area contributed by atoms with Crippen LogP contribution in [0, 0.1) is 3.57 Å². The third kappa shape index (κ3) is 5.46. The summed E-state index contributed by atoms with van der Waals surface area (Å²) in [6.45, 7) is 2.29. The number of rotatable bonds is 6. The second kappa shape index (κ2) is 7.32. The Hall–Kier alpha value is -1.15. The van der Waals surface area contributed by atoms with Crippen LogP contribution in [0.1, 0.15) is 6.92 Å². The lowest BCUT2D eigenvalue weighted by molar-refractivity contribution is -0.138. The monoisotopic (exact) mass is 362 g/mol. The van der Waals surface area contributed by atoms with Crippen LogP contribution in [-0.4, -0.2) is 41.5 Å². The van der Waals surface area contributed by atoms with Crippen LogP contribution in [0.15, 0.2) is 24.3 Å². The molecule has 5 nitrogen and oxygen atoms in total. The fourth-order valence-electron chi connectivity index (χ4n) is 1.44. The van der Waals surface area contributed by atoms with Gasteiger partial charge in [0.1, 0.15) is 0 Å². The van der Waals surface area contributed by atoms with E-state index >= 15 is 0 Å². The number of benzene rings is 1. The second-order valence-corrected chi connectivity index (χ2v) is 5.00. The van der Waals surface area contributed by atoms with E-state index in [9.17, 15) is 9.59 Å². The van der Waals surface area contributed by atoms with Crippen LogP contribution in [0.25, 0.3) is 0 Å². The molecule has 0 saturated heterocycles. The Labute approximate surface area is 119 Å². The molecule has 0 aromatic heterocycles. The molecule has 0 atom stereocenters. The van der Waals surface area contributed by atoms with Gasteiger partial charge >= 0.3 is 5.97 Å². The number of hydrogen-bond donors (Lipinski definition) is 2. The highest BCUT2D eigenvalue weighted by molar-refractivity contribution is 14.1. The molecule has 0 saturated carbocycles. The summed E-state index contributed by atoms with van der Waals surface area (Å²) in [5, 5.41) is 11.4. The largest absolute Gasteiger partial charge is 0.480 e. The van der Waals surface area contributed by atoms with Crippen molar-refractivity contribution in [1.82, 2.24) is 4.90 Å². The SMILES string of the molecule is CCN(CC(=O)O)CC(=O)Nc1cccc(I)c1. The molecule has 18 heavy (non-hydrogen) atoms. The van der Waals surface area contributed by atoms with Crippen molar-refractivity contribution in [2.24, 2.45) is 0 Å². The first kappa shape index (κ1) is 14.9. The van der Waals surface area contributed by atoms with Gasteiger partial charge in [0.2, 0.25) is 5.91 Å². The Morgan fingerprint density at radius 1 is 1.39 bits per heavy atom. The number of carboxylic acids is 1. The van der Waals surface area contributed by atoms with Gasteiger partial charge in [-0.1, -0.05) is 13.0 Å². The fourth-order valence-corrected chi connectivity index (χ4v) is 1.98. The number of carbonyl (C=O) groups is 2. The summed E-state index contributed by atoms with van der Waals surface area (Å²) in [5.74, 6) is -1.14. The smallest absolute Gasteiger partial charge is 0.317 e. The first-order chi connectivity index (χ1) is 8.51. The fraction of sp³-hybridized carbons (Fsp3) is 0.333. The van der Waals surface area contributed by atoms with Gasteiger partial charge in [0.15, 0.2) is 0 Å². The number of amides is 1. The van der Waals surface area contributed by atoms with Crippen molar-refractivity contribution < 1.29 is 14.7 Å². The molecule has 6 heteroatoms. The summed E-state index contributed by atoms with van der Waals surface area (Å²) in [4.78, 5) is 23.9. The van der Waals surface area contributed by atoms with Crippen molar-refractivity contribution in [3.63, 3.8) is 0 Å². The Balaban J connectivity index is 2.52. The first-order valence-corrected chi connectivity index (χ1v) is 6.58. The van der Waals surface area contributed by atoms with Crippen molar-refractivity contribution in [3.05, 3.63) is 27.8 Å². The van der Waals surface area contributed by atoms with Gasteiger partial charge in [-0.2, -0.15) is 0 Å². The highest BCUT2D eigenvalue weighted by atomic mass is 127. The molecule has 0 bridgehead atoms. The molecule has 0 aliphatic rings. The summed E-state index contributed by atoms with van der Waals surface area (Å²) in [7, 11) is 0. The van der Waals surface area contributed by atoms with Gasteiger partial charge in [0, 0.05) is 9.26 Å². The lowest BCUT2D eigenvalue weighted by Crippen LogP contribution is -2.36. The maximum Gasteiger partial charge on any atom is 0.317 e. The number of hydrogen-bond acceptors (Lipinski definition) is 3. The van der Waals surface area contributed by atoms with Gasteiger partial charge in [-0.15, -0.1) is 0 Å². The maximum atomic E-state index is 11.7. The zero-order chi connectivity index (χ0) is 13.5. The molecule has 1 aromatic rings. The van der Waals surface area contributed by atoms with E-state index in [1.807, 2.05) is 25.1 Å². The number of carbonyl (C=O) groups excluding carboxylic acids is 1. The summed E-state index contributed by atoms with van der Waals surface area (Å²) in [6.07, 6.45) is 0. The number of anilines is 1. The molecule has 0 radical (unpaired) electrons. The maximum absolute atomic E-state index is 11.7. The number of nitrogens with zero attached hydrogens (tertiary/aromatic N) is 1. The van der Waals surface area contributed by atoms with Crippen LogP contribution in [0.4, 0.5) is 5.69 Å². The molecule has 2 N–H and O–H groups in total. The molecule has 98 valence electrons. The average molecular weight is 362 g/mol. The van der Waals surface area contributed by atoms with Crippen molar-refractivity contribution >= 4 is 40.2 Å². The highest BCUT2D eigenvalue weighted by Crippen LogP contribution is 2.12. The van der Waals surface area contributed by atoms with Crippen LogP contribution in [0.2, 0.25) is 0 Å². The Morgan fingerprint density at radius 3 is 2.67 bits per heavy atom. The molecule has 1 amide bonds. The van der Waals surface area contributed by atoms with Crippen LogP contribution >= 0.6 is 22.6 Å². The van der Waals surface area contributed by atoms with Gasteiger partial charge < -0.3 is 10.4 Å². The molecule has 0 heterocycles. The summed E-state index contributed by atoms with van der Waals surface area (Å²) < 4.78 is 1.03. The van der Waals surface area contributed by atoms with Gasteiger partial charge in [0.05, 0.1) is 13.1 Å². The number of aliphatic carboxylic acids is 1. The van der Waals surface area contributed by atoms with Crippen LogP contribution < -0.4 is 5.32 Å². The van der Waals surface area contributed by atoms with Crippen LogP contribution in [0.5, 0.6) is 0 Å². The van der Waals surface area contributed by atoms with Crippen molar-refractivity contribution in [1.29, 1.82) is 0 Å². The predicted octanol–water partition coefficient (Wildman–Crippen LogP) is 1.64. The molecule has 0 spiro atoms. The molecule has 1 rings (SSSR count). The molecule has 0 fully saturated rings. The minimum absolute atomic E-state index is 0.0777. The summed E-state index contributed by atoms with van der Waals surface area (Å²) in [5.41, 5.74) is 0.721. The third-order valence-corrected chi connectivity index (χ3v) is 2.95. The van der Waals surface area contributed by atoms with E-state index in [1.54, 1.807) is 11.0 Å². The minimum Gasteiger partial charge on any atom is -0.480 e. The molecular weight excluding hydrogens is 347 g/mol. The van der Waals surface area contributed by atoms with E-state index in [2.05, 4.69) is 27.9 Å². The quantitative estimate of drug-likeness (QED) is 0.755. The van der Waals surface area contributed by atoms with E-state index in [-0.39, 0.29) is 19.0 Å². The average Bonchev–Trinajstić information content (AvgIpc) is 2.27. The Kier molecular flexibility index (Phi) is 6.06. The molecule has 0 aliphatic heterocycles. The predicted molar refractivity (Wildman–Crippen MR) is 77.5 cm³/mol. The van der Waals surface area contributed by atoms with Gasteiger partial charge in [-0.25, -0.2) is 0 Å². The van der Waals surface area contributed by atoms with Gasteiger partial charge in [0.25, 0.3) is 0 Å². The second-order valence-electron chi connectivity index (χ2n) is 3.76. The Morgan fingerprint density at radius 2 is 2.11 bits per heavy atom. The normalized spacial score (nSPS) is 10.4. The van der Waals surface area contributed by atoms with Crippen LogP contribution in [0.3, 0.4) is 0 Å². The minimum atomic E-state index is -0.932. The lowest BCUT2D eigenvalue weighted by Gasteiger charge is -2.17. The zero-order valence-corrected chi connectivity index (χ0v) is 12.2. The molecule has 1 aromatic carbocycles. The Bertz CT molecular complexity index is 437. The molecule has 0 unspecified atom stereocenters. The summed E-state index contributed by atoms with van der Waals surface area (Å²) >= 11 is 2.16. The number of likely N-dealkylation sites (N-methyl/N-ethyl adjacent to an activating group) is 1. The van der Waals surface area contributed by atoms with Crippen molar-refractivity contribution in [2.75, 3.05) is 25.0 Å². The van der Waals surface area contributed by atoms with Gasteiger partial charge in [-0.3, -0.25) is 14.5 Å². The molecule has 0 aliphatic carbocycles. The van der Waals surface area contributed by atoms with Crippen molar-refractivity contribution in [3.8, 4) is 0 Å². The highest BCUT2D eigenvalue weighted by Gasteiger charge is 2.12. The van der Waals surface area contributed by atoms with E-state index in [1.165, 1.54) is 0 Å². The van der Waals surface area contributed by atoms with Crippen LogP contribution in [-0.2, 0) is 9.59 Å². The summed E-state index contributed by atoms with van der Waals surface area (Å²) in [6, 6.07) is 7.44. The molecular formula is C12H15IN2O3. The zero-order valence-electron chi connectivity index (χ0n) is 10.0. The van der Waals surface area contributed by atoms with E-state index in [0.717, 1.165) is 9.26 Å². The number of halogens is 1. The number of nitrogens with one attached hydrogen (secondary N) is 1. The standard InChI is InChI=1S/C12H15IN2O3/c1-2-15(8-12(17)18)7-11(16)14-10-5-3-4-9(13)6-10/h3-6H,2,7-8H2,1H3,(H,14,16)(H,17,18). The van der Waals surface area contributed by atoms with Gasteiger partial charge in [-0.05, 0) is 47.3 Å². The van der Waals surface area contributed by atoms with E-state index in [4.69, 9.17) is 5.11 Å². The lowest BCUT2D eigenvalue weighted by atomic mass is 10.3. The number of carboxylic acid groups (broad SMARTS) is 1. The topological polar surface area (TPSA) is 69.6 Å². The van der Waals surface area contributed by atoms with E-state index < -0.39 is 5.97 Å².